The van der Waals surface area contributed by atoms with E-state index in [0.29, 0.717) is 0 Å². The molecule has 0 aliphatic carbocycles. The van der Waals surface area contributed by atoms with E-state index in [2.05, 4.69) is 25.9 Å². The molecule has 0 spiro atoms. The highest BCUT2D eigenvalue weighted by Crippen LogP contribution is 2.18. The topological polar surface area (TPSA) is 35.0 Å². The van der Waals surface area contributed by atoms with Crippen LogP contribution in [-0.2, 0) is 0 Å². The smallest absolute Gasteiger partial charge is 0.125 e. The molecule has 0 bridgehead atoms. The number of fused-ring (bicyclic) bond motifs is 1. The van der Waals surface area contributed by atoms with Crippen LogP contribution >= 0.6 is 15.9 Å². The molecule has 1 aromatic carbocycles. The van der Waals surface area contributed by atoms with E-state index in [1.807, 2.05) is 18.2 Å². The third-order valence-corrected chi connectivity index (χ3v) is 2.10. The highest BCUT2D eigenvalue weighted by Gasteiger charge is 1.98. The van der Waals surface area contributed by atoms with Crippen LogP contribution in [0.5, 0.6) is 5.75 Å². The zero-order valence-electron chi connectivity index (χ0n) is 6.99. The van der Waals surface area contributed by atoms with Crippen LogP contribution in [0.25, 0.3) is 11.0 Å². The largest absolute Gasteiger partial charge is 0.497 e. The molecule has 0 saturated heterocycles. The van der Waals surface area contributed by atoms with E-state index in [4.69, 9.17) is 4.74 Å². The predicted molar refractivity (Wildman–Crippen MR) is 53.8 cm³/mol. The second-order valence-corrected chi connectivity index (χ2v) is 3.36. The second kappa shape index (κ2) is 3.30. The number of halogens is 1. The fourth-order valence-corrected chi connectivity index (χ4v) is 1.39. The highest BCUT2D eigenvalue weighted by atomic mass is 79.9. The Bertz CT molecular complexity index is 445. The normalized spacial score (nSPS) is 10.3. The van der Waals surface area contributed by atoms with E-state index in [1.54, 1.807) is 13.3 Å². The maximum atomic E-state index is 5.08. The van der Waals surface area contributed by atoms with Crippen molar-refractivity contribution in [3.63, 3.8) is 0 Å². The van der Waals surface area contributed by atoms with Crippen molar-refractivity contribution < 1.29 is 4.74 Å². The van der Waals surface area contributed by atoms with Gasteiger partial charge in [-0.2, -0.15) is 0 Å². The van der Waals surface area contributed by atoms with Crippen LogP contribution in [0, 0.1) is 0 Å². The summed E-state index contributed by atoms with van der Waals surface area (Å²) >= 11 is 3.26. The lowest BCUT2D eigenvalue weighted by Crippen LogP contribution is -1.86. The Kier molecular flexibility index (Phi) is 2.14. The molecular formula is C9H7BrN2O. The number of hydrogen-bond acceptors (Lipinski definition) is 3. The first-order chi connectivity index (χ1) is 6.29. The molecule has 0 saturated carbocycles. The summed E-state index contributed by atoms with van der Waals surface area (Å²) in [6.45, 7) is 0. The molecule has 0 fully saturated rings. The number of methoxy groups -OCH3 is 1. The number of benzene rings is 1. The summed E-state index contributed by atoms with van der Waals surface area (Å²) in [4.78, 5) is 8.45. The minimum absolute atomic E-state index is 0.730. The first-order valence-corrected chi connectivity index (χ1v) is 4.55. The molecule has 0 atom stereocenters. The first-order valence-electron chi connectivity index (χ1n) is 3.76. The van der Waals surface area contributed by atoms with Crippen molar-refractivity contribution in [2.24, 2.45) is 0 Å². The Morgan fingerprint density at radius 1 is 1.31 bits per heavy atom. The van der Waals surface area contributed by atoms with Crippen molar-refractivity contribution in [3.05, 3.63) is 29.0 Å². The van der Waals surface area contributed by atoms with Crippen LogP contribution in [0.4, 0.5) is 0 Å². The third kappa shape index (κ3) is 1.62. The molecule has 0 amide bonds. The zero-order chi connectivity index (χ0) is 9.26. The number of aromatic nitrogens is 2. The minimum atomic E-state index is 0.730. The van der Waals surface area contributed by atoms with Crippen LogP contribution in [0.2, 0.25) is 0 Å². The summed E-state index contributed by atoms with van der Waals surface area (Å²) in [5.74, 6) is 0.792. The highest BCUT2D eigenvalue weighted by molar-refractivity contribution is 9.10. The first kappa shape index (κ1) is 8.44. The summed E-state index contributed by atoms with van der Waals surface area (Å²) < 4.78 is 5.81. The van der Waals surface area contributed by atoms with Gasteiger partial charge in [-0.1, -0.05) is 0 Å². The van der Waals surface area contributed by atoms with Crippen LogP contribution < -0.4 is 4.74 Å². The molecule has 2 aromatic rings. The van der Waals surface area contributed by atoms with Crippen molar-refractivity contribution in [2.75, 3.05) is 7.11 Å². The van der Waals surface area contributed by atoms with Gasteiger partial charge in [-0.25, -0.2) is 4.98 Å². The summed E-state index contributed by atoms with van der Waals surface area (Å²) in [6, 6.07) is 5.60. The molecule has 66 valence electrons. The molecule has 1 heterocycles. The number of rotatable bonds is 1. The molecule has 1 aromatic heterocycles. The van der Waals surface area contributed by atoms with Crippen LogP contribution in [0.1, 0.15) is 0 Å². The molecule has 13 heavy (non-hydrogen) atoms. The van der Waals surface area contributed by atoms with Gasteiger partial charge in [0, 0.05) is 6.07 Å². The average Bonchev–Trinajstić information content (AvgIpc) is 2.16. The van der Waals surface area contributed by atoms with Gasteiger partial charge < -0.3 is 4.74 Å². The fraction of sp³-hybridized carbons (Fsp3) is 0.111. The van der Waals surface area contributed by atoms with Crippen molar-refractivity contribution in [3.8, 4) is 5.75 Å². The molecule has 0 aliphatic heterocycles. The summed E-state index contributed by atoms with van der Waals surface area (Å²) in [5, 5.41) is 0. The Morgan fingerprint density at radius 3 is 2.92 bits per heavy atom. The van der Waals surface area contributed by atoms with Crippen LogP contribution in [0.3, 0.4) is 0 Å². The van der Waals surface area contributed by atoms with Crippen molar-refractivity contribution in [2.45, 2.75) is 0 Å². The SMILES string of the molecule is COc1ccc2ncc(Br)nc2c1. The second-order valence-electron chi connectivity index (χ2n) is 2.55. The summed E-state index contributed by atoms with van der Waals surface area (Å²) in [6.07, 6.45) is 1.68. The predicted octanol–water partition coefficient (Wildman–Crippen LogP) is 2.40. The Hall–Kier alpha value is -1.16. The maximum absolute atomic E-state index is 5.08. The van der Waals surface area contributed by atoms with Gasteiger partial charge in [0.25, 0.3) is 0 Å². The number of ether oxygens (including phenoxy) is 1. The summed E-state index contributed by atoms with van der Waals surface area (Å²) in [7, 11) is 1.63. The van der Waals surface area contributed by atoms with Gasteiger partial charge in [0.05, 0.1) is 24.3 Å². The van der Waals surface area contributed by atoms with Crippen LogP contribution in [0.15, 0.2) is 29.0 Å². The Labute approximate surface area is 83.9 Å². The maximum Gasteiger partial charge on any atom is 0.125 e. The monoisotopic (exact) mass is 238 g/mol. The standard InChI is InChI=1S/C9H7BrN2O/c1-13-6-2-3-7-8(4-6)12-9(10)5-11-7/h2-5H,1H3. The molecule has 3 nitrogen and oxygen atoms in total. The molecular weight excluding hydrogens is 232 g/mol. The van der Waals surface area contributed by atoms with Gasteiger partial charge in [-0.15, -0.1) is 0 Å². The van der Waals surface area contributed by atoms with E-state index < -0.39 is 0 Å². The van der Waals surface area contributed by atoms with Crippen LogP contribution in [-0.4, -0.2) is 17.1 Å². The lowest BCUT2D eigenvalue weighted by Gasteiger charge is -2.00. The molecule has 0 N–H and O–H groups in total. The molecule has 0 radical (unpaired) electrons. The summed E-state index contributed by atoms with van der Waals surface area (Å²) in [5.41, 5.74) is 1.69. The molecule has 4 heteroatoms. The fourth-order valence-electron chi connectivity index (χ4n) is 1.10. The lowest BCUT2D eigenvalue weighted by atomic mass is 10.3. The van der Waals surface area contributed by atoms with Crippen molar-refractivity contribution in [1.82, 2.24) is 9.97 Å². The van der Waals surface area contributed by atoms with E-state index in [0.717, 1.165) is 21.4 Å². The van der Waals surface area contributed by atoms with Crippen molar-refractivity contribution in [1.29, 1.82) is 0 Å². The average molecular weight is 239 g/mol. The van der Waals surface area contributed by atoms with Gasteiger partial charge in [0.2, 0.25) is 0 Å². The van der Waals surface area contributed by atoms with Gasteiger partial charge >= 0.3 is 0 Å². The number of hydrogen-bond donors (Lipinski definition) is 0. The van der Waals surface area contributed by atoms with Gasteiger partial charge in [-0.3, -0.25) is 4.98 Å². The van der Waals surface area contributed by atoms with E-state index in [1.165, 1.54) is 0 Å². The minimum Gasteiger partial charge on any atom is -0.497 e. The van der Waals surface area contributed by atoms with Gasteiger partial charge in [0.1, 0.15) is 10.4 Å². The molecule has 0 unspecified atom stereocenters. The van der Waals surface area contributed by atoms with E-state index >= 15 is 0 Å². The van der Waals surface area contributed by atoms with E-state index in [-0.39, 0.29) is 0 Å². The lowest BCUT2D eigenvalue weighted by molar-refractivity contribution is 0.415. The molecule has 2 rings (SSSR count). The quantitative estimate of drug-likeness (QED) is 0.766. The molecule has 0 aliphatic rings. The third-order valence-electron chi connectivity index (χ3n) is 1.72. The van der Waals surface area contributed by atoms with Gasteiger partial charge in [0.15, 0.2) is 0 Å². The van der Waals surface area contributed by atoms with E-state index in [9.17, 15) is 0 Å². The van der Waals surface area contributed by atoms with Crippen molar-refractivity contribution >= 4 is 27.0 Å². The number of nitrogens with zero attached hydrogens (tertiary/aromatic N) is 2. The Balaban J connectivity index is 2.68. The van der Waals surface area contributed by atoms with Gasteiger partial charge in [-0.05, 0) is 28.1 Å². The Morgan fingerprint density at radius 2 is 2.15 bits per heavy atom. The zero-order valence-corrected chi connectivity index (χ0v) is 8.58.